The van der Waals surface area contributed by atoms with Gasteiger partial charge in [-0.05, 0) is 31.0 Å². The molecule has 1 aromatic rings. The molecule has 0 unspecified atom stereocenters. The fraction of sp³-hybridized carbons (Fsp3) is 0.538. The van der Waals surface area contributed by atoms with Crippen LogP contribution in [0.4, 0.5) is 5.69 Å². The molecule has 0 bridgehead atoms. The zero-order valence-electron chi connectivity index (χ0n) is 11.5. The quantitative estimate of drug-likeness (QED) is 0.810. The molecule has 0 amide bonds. The van der Waals surface area contributed by atoms with Crippen LogP contribution in [0.25, 0.3) is 0 Å². The third kappa shape index (κ3) is 3.88. The first-order valence-electron chi connectivity index (χ1n) is 6.66. The van der Waals surface area contributed by atoms with Crippen LogP contribution in [0.15, 0.2) is 28.0 Å². The van der Waals surface area contributed by atoms with E-state index in [1.807, 2.05) is 0 Å². The summed E-state index contributed by atoms with van der Waals surface area (Å²) in [4.78, 5) is 1.10. The first kappa shape index (κ1) is 15.6. The van der Waals surface area contributed by atoms with Crippen LogP contribution >= 0.6 is 11.8 Å². The molecule has 0 radical (unpaired) electrons. The van der Waals surface area contributed by atoms with Crippen LogP contribution in [0.2, 0.25) is 0 Å². The second-order valence-electron chi connectivity index (χ2n) is 4.63. The maximum absolute atomic E-state index is 12.0. The van der Waals surface area contributed by atoms with Gasteiger partial charge in [-0.25, -0.2) is 13.1 Å². The molecule has 0 saturated carbocycles. The highest BCUT2D eigenvalue weighted by Gasteiger charge is 2.19. The number of rotatable bonds is 5. The van der Waals surface area contributed by atoms with E-state index < -0.39 is 10.0 Å². The fourth-order valence-corrected chi connectivity index (χ4v) is 4.36. The molecule has 1 aromatic carbocycles. The smallest absolute Gasteiger partial charge is 0.240 e. The largest absolute Gasteiger partial charge is 0.398 e. The van der Waals surface area contributed by atoms with Crippen molar-refractivity contribution in [2.75, 3.05) is 25.5 Å². The van der Waals surface area contributed by atoms with E-state index in [-0.39, 0.29) is 4.90 Å². The Kier molecular flexibility index (Phi) is 5.31. The van der Waals surface area contributed by atoms with Crippen LogP contribution in [-0.2, 0) is 14.8 Å². The summed E-state index contributed by atoms with van der Waals surface area (Å²) in [7, 11) is -3.43. The normalized spacial score (nSPS) is 17.2. The van der Waals surface area contributed by atoms with Gasteiger partial charge in [0.2, 0.25) is 10.0 Å². The zero-order chi connectivity index (χ0) is 14.6. The summed E-state index contributed by atoms with van der Waals surface area (Å²) in [5.41, 5.74) is 6.58. The summed E-state index contributed by atoms with van der Waals surface area (Å²) < 4.78 is 31.8. The number of anilines is 1. The molecule has 7 heteroatoms. The first-order valence-corrected chi connectivity index (χ1v) is 9.03. The van der Waals surface area contributed by atoms with Gasteiger partial charge >= 0.3 is 0 Å². The van der Waals surface area contributed by atoms with Crippen molar-refractivity contribution in [3.05, 3.63) is 18.2 Å². The van der Waals surface area contributed by atoms with Crippen LogP contribution < -0.4 is 10.5 Å². The lowest BCUT2D eigenvalue weighted by atomic mass is 10.2. The summed E-state index contributed by atoms with van der Waals surface area (Å²) in [5.74, 6) is 0. The van der Waals surface area contributed by atoms with Gasteiger partial charge in [0.05, 0.1) is 4.90 Å². The number of hydrogen-bond acceptors (Lipinski definition) is 5. The number of nitrogens with one attached hydrogen (secondary N) is 1. The topological polar surface area (TPSA) is 81.4 Å². The molecule has 0 aromatic heterocycles. The monoisotopic (exact) mass is 316 g/mol. The summed E-state index contributed by atoms with van der Waals surface area (Å²) in [6, 6.07) is 4.86. The van der Waals surface area contributed by atoms with Gasteiger partial charge in [0, 0.05) is 35.6 Å². The summed E-state index contributed by atoms with van der Waals surface area (Å²) >= 11 is 1.64. The van der Waals surface area contributed by atoms with Gasteiger partial charge in [0.25, 0.3) is 0 Å². The number of sulfonamides is 1. The second-order valence-corrected chi connectivity index (χ2v) is 7.74. The Morgan fingerprint density at radius 2 is 2.10 bits per heavy atom. The molecule has 0 atom stereocenters. The third-order valence-corrected chi connectivity index (χ3v) is 6.05. The SMILES string of the molecule is CCNS(=O)(=O)c1ccc(N)c(SC2CCOCC2)c1. The predicted molar refractivity (Wildman–Crippen MR) is 81.4 cm³/mol. The highest BCUT2D eigenvalue weighted by molar-refractivity contribution is 8.00. The number of nitrogens with two attached hydrogens (primary N) is 1. The lowest BCUT2D eigenvalue weighted by Gasteiger charge is -2.22. The van der Waals surface area contributed by atoms with Gasteiger partial charge in [-0.1, -0.05) is 6.92 Å². The molecule has 0 aliphatic carbocycles. The first-order chi connectivity index (χ1) is 9.53. The predicted octanol–water partition coefficient (Wildman–Crippen LogP) is 1.84. The minimum absolute atomic E-state index is 0.267. The molecule has 3 N–H and O–H groups in total. The minimum atomic E-state index is -3.43. The van der Waals surface area contributed by atoms with E-state index in [1.165, 1.54) is 0 Å². The molecule has 112 valence electrons. The van der Waals surface area contributed by atoms with E-state index in [4.69, 9.17) is 10.5 Å². The maximum atomic E-state index is 12.0. The fourth-order valence-electron chi connectivity index (χ4n) is 2.03. The zero-order valence-corrected chi connectivity index (χ0v) is 13.1. The van der Waals surface area contributed by atoms with Crippen LogP contribution in [0.1, 0.15) is 19.8 Å². The highest BCUT2D eigenvalue weighted by atomic mass is 32.2. The Morgan fingerprint density at radius 1 is 1.40 bits per heavy atom. The van der Waals surface area contributed by atoms with Crippen molar-refractivity contribution in [3.8, 4) is 0 Å². The molecule has 1 aliphatic rings. The Labute approximate surface area is 124 Å². The number of nitrogen functional groups attached to an aromatic ring is 1. The molecule has 1 saturated heterocycles. The Balaban J connectivity index is 2.20. The molecule has 0 spiro atoms. The van der Waals surface area contributed by atoms with Crippen molar-refractivity contribution < 1.29 is 13.2 Å². The summed E-state index contributed by atoms with van der Waals surface area (Å²) in [6.07, 6.45) is 1.93. The Morgan fingerprint density at radius 3 is 2.75 bits per heavy atom. The molecular weight excluding hydrogens is 296 g/mol. The van der Waals surface area contributed by atoms with Crippen LogP contribution in [0, 0.1) is 0 Å². The van der Waals surface area contributed by atoms with Gasteiger partial charge < -0.3 is 10.5 Å². The van der Waals surface area contributed by atoms with Gasteiger partial charge in [-0.15, -0.1) is 11.8 Å². The maximum Gasteiger partial charge on any atom is 0.240 e. The van der Waals surface area contributed by atoms with E-state index in [0.29, 0.717) is 17.5 Å². The molecule has 5 nitrogen and oxygen atoms in total. The Hall–Kier alpha value is -0.760. The lowest BCUT2D eigenvalue weighted by molar-refractivity contribution is 0.100. The number of benzene rings is 1. The van der Waals surface area contributed by atoms with Gasteiger partial charge in [0.15, 0.2) is 0 Å². The van der Waals surface area contributed by atoms with Crippen LogP contribution in [0.3, 0.4) is 0 Å². The number of thioether (sulfide) groups is 1. The van der Waals surface area contributed by atoms with Gasteiger partial charge in [-0.2, -0.15) is 0 Å². The van der Waals surface area contributed by atoms with Crippen LogP contribution in [-0.4, -0.2) is 33.4 Å². The molecule has 20 heavy (non-hydrogen) atoms. The van der Waals surface area contributed by atoms with Crippen molar-refractivity contribution in [2.24, 2.45) is 0 Å². The van der Waals surface area contributed by atoms with Crippen molar-refractivity contribution in [1.82, 2.24) is 4.72 Å². The number of hydrogen-bond donors (Lipinski definition) is 2. The molecule has 1 heterocycles. The van der Waals surface area contributed by atoms with Crippen molar-refractivity contribution in [2.45, 2.75) is 34.8 Å². The van der Waals surface area contributed by atoms with Crippen molar-refractivity contribution >= 4 is 27.5 Å². The highest BCUT2D eigenvalue weighted by Crippen LogP contribution is 2.34. The molecule has 1 fully saturated rings. The van der Waals surface area contributed by atoms with Crippen molar-refractivity contribution in [1.29, 1.82) is 0 Å². The van der Waals surface area contributed by atoms with E-state index in [0.717, 1.165) is 31.0 Å². The van der Waals surface area contributed by atoms with E-state index in [9.17, 15) is 8.42 Å². The lowest BCUT2D eigenvalue weighted by Crippen LogP contribution is -2.23. The minimum Gasteiger partial charge on any atom is -0.398 e. The van der Waals surface area contributed by atoms with E-state index in [2.05, 4.69) is 4.72 Å². The average molecular weight is 316 g/mol. The van der Waals surface area contributed by atoms with Crippen molar-refractivity contribution in [3.63, 3.8) is 0 Å². The number of ether oxygens (including phenoxy) is 1. The average Bonchev–Trinajstić information content (AvgIpc) is 2.42. The van der Waals surface area contributed by atoms with E-state index in [1.54, 1.807) is 36.9 Å². The summed E-state index contributed by atoms with van der Waals surface area (Å²) in [6.45, 7) is 3.64. The van der Waals surface area contributed by atoms with Crippen LogP contribution in [0.5, 0.6) is 0 Å². The van der Waals surface area contributed by atoms with E-state index >= 15 is 0 Å². The van der Waals surface area contributed by atoms with Gasteiger partial charge in [-0.3, -0.25) is 0 Å². The standard InChI is InChI=1S/C13H20N2O3S2/c1-2-15-20(16,17)11-3-4-12(14)13(9-11)19-10-5-7-18-8-6-10/h3-4,9-10,15H,2,5-8,14H2,1H3. The van der Waals surface area contributed by atoms with Gasteiger partial charge in [0.1, 0.15) is 0 Å². The molecule has 1 aliphatic heterocycles. The third-order valence-electron chi connectivity index (χ3n) is 3.09. The second kappa shape index (κ2) is 6.80. The molecule has 2 rings (SSSR count). The molecular formula is C13H20N2O3S2. The summed E-state index contributed by atoms with van der Waals surface area (Å²) in [5, 5.41) is 0.433. The Bertz CT molecular complexity index is 555.